The molecule has 1 aliphatic rings. The van der Waals surface area contributed by atoms with Crippen LogP contribution in [0.1, 0.15) is 17.5 Å². The highest BCUT2D eigenvalue weighted by Gasteiger charge is 2.35. The topological polar surface area (TPSA) is 55.6 Å². The Morgan fingerprint density at radius 1 is 1.58 bits per heavy atom. The summed E-state index contributed by atoms with van der Waals surface area (Å²) >= 11 is 3.49. The number of primary amides is 1. The van der Waals surface area contributed by atoms with E-state index in [2.05, 4.69) is 39.9 Å². The standard InChI is InChI=1S/C14H19BrN2O2/c1-9-5-10(3-4-12(9)15)7-17-8-11(19-2)6-13(17)14(16)18/h3-5,11,13H,6-8H2,1-2H3,(H2,16,18)/t11-,13-/m0/s1. The van der Waals surface area contributed by atoms with Crippen molar-refractivity contribution >= 4 is 21.8 Å². The molecule has 19 heavy (non-hydrogen) atoms. The molecule has 0 aliphatic carbocycles. The van der Waals surface area contributed by atoms with E-state index in [1.54, 1.807) is 7.11 Å². The van der Waals surface area contributed by atoms with Crippen molar-refractivity contribution in [2.24, 2.45) is 5.73 Å². The molecular formula is C14H19BrN2O2. The maximum Gasteiger partial charge on any atom is 0.234 e. The second-order valence-electron chi connectivity index (χ2n) is 5.02. The molecule has 0 bridgehead atoms. The first-order chi connectivity index (χ1) is 9.01. The van der Waals surface area contributed by atoms with Crippen molar-refractivity contribution in [1.82, 2.24) is 4.90 Å². The fourth-order valence-electron chi connectivity index (χ4n) is 2.54. The van der Waals surface area contributed by atoms with E-state index in [0.29, 0.717) is 6.42 Å². The van der Waals surface area contributed by atoms with Crippen LogP contribution in [0.3, 0.4) is 0 Å². The molecule has 0 radical (unpaired) electrons. The molecule has 1 heterocycles. The molecule has 5 heteroatoms. The molecule has 1 fully saturated rings. The molecule has 0 unspecified atom stereocenters. The van der Waals surface area contributed by atoms with E-state index in [1.165, 1.54) is 11.1 Å². The van der Waals surface area contributed by atoms with Crippen LogP contribution in [0.2, 0.25) is 0 Å². The van der Waals surface area contributed by atoms with Gasteiger partial charge in [0.1, 0.15) is 0 Å². The fourth-order valence-corrected chi connectivity index (χ4v) is 2.79. The van der Waals surface area contributed by atoms with Gasteiger partial charge in [0.2, 0.25) is 5.91 Å². The number of nitrogens with two attached hydrogens (primary N) is 1. The summed E-state index contributed by atoms with van der Waals surface area (Å²) in [7, 11) is 1.68. The molecule has 4 nitrogen and oxygen atoms in total. The minimum atomic E-state index is -0.270. The zero-order chi connectivity index (χ0) is 14.0. The van der Waals surface area contributed by atoms with Gasteiger partial charge in [0.05, 0.1) is 12.1 Å². The third kappa shape index (κ3) is 3.35. The summed E-state index contributed by atoms with van der Waals surface area (Å²) in [5, 5.41) is 0. The Bertz CT molecular complexity index is 479. The molecular weight excluding hydrogens is 308 g/mol. The van der Waals surface area contributed by atoms with E-state index in [0.717, 1.165) is 17.6 Å². The van der Waals surface area contributed by atoms with Crippen LogP contribution in [0.4, 0.5) is 0 Å². The number of ether oxygens (including phenoxy) is 1. The summed E-state index contributed by atoms with van der Waals surface area (Å²) in [6.45, 7) is 3.53. The van der Waals surface area contributed by atoms with Gasteiger partial charge in [-0.1, -0.05) is 28.1 Å². The molecule has 2 N–H and O–H groups in total. The lowest BCUT2D eigenvalue weighted by atomic mass is 10.1. The van der Waals surface area contributed by atoms with Crippen molar-refractivity contribution < 1.29 is 9.53 Å². The molecule has 0 aromatic heterocycles. The van der Waals surface area contributed by atoms with E-state index in [-0.39, 0.29) is 18.1 Å². The Balaban J connectivity index is 2.12. The average molecular weight is 327 g/mol. The Morgan fingerprint density at radius 2 is 2.32 bits per heavy atom. The van der Waals surface area contributed by atoms with Crippen molar-refractivity contribution in [2.75, 3.05) is 13.7 Å². The van der Waals surface area contributed by atoms with Crippen LogP contribution < -0.4 is 5.73 Å². The van der Waals surface area contributed by atoms with Gasteiger partial charge in [0, 0.05) is 24.7 Å². The first kappa shape index (κ1) is 14.5. The smallest absolute Gasteiger partial charge is 0.234 e. The first-order valence-corrected chi connectivity index (χ1v) is 7.11. The zero-order valence-corrected chi connectivity index (χ0v) is 12.8. The van der Waals surface area contributed by atoms with Gasteiger partial charge in [0.25, 0.3) is 0 Å². The monoisotopic (exact) mass is 326 g/mol. The number of carbonyl (C=O) groups excluding carboxylic acids is 1. The molecule has 1 saturated heterocycles. The number of benzene rings is 1. The number of aryl methyl sites for hydroxylation is 1. The molecule has 2 rings (SSSR count). The summed E-state index contributed by atoms with van der Waals surface area (Å²) in [5.41, 5.74) is 7.84. The van der Waals surface area contributed by atoms with E-state index in [1.807, 2.05) is 6.07 Å². The van der Waals surface area contributed by atoms with E-state index in [4.69, 9.17) is 10.5 Å². The number of hydrogen-bond donors (Lipinski definition) is 1. The number of hydrogen-bond acceptors (Lipinski definition) is 3. The van der Waals surface area contributed by atoms with Crippen molar-refractivity contribution in [3.05, 3.63) is 33.8 Å². The van der Waals surface area contributed by atoms with Gasteiger partial charge < -0.3 is 10.5 Å². The summed E-state index contributed by atoms with van der Waals surface area (Å²) in [5.74, 6) is -0.270. The number of amides is 1. The lowest BCUT2D eigenvalue weighted by molar-refractivity contribution is -0.122. The highest BCUT2D eigenvalue weighted by atomic mass is 79.9. The van der Waals surface area contributed by atoms with Gasteiger partial charge in [-0.3, -0.25) is 9.69 Å². The molecule has 104 valence electrons. The third-order valence-corrected chi connectivity index (χ3v) is 4.52. The van der Waals surface area contributed by atoms with Crippen LogP contribution in [-0.2, 0) is 16.1 Å². The van der Waals surface area contributed by atoms with Gasteiger partial charge in [-0.2, -0.15) is 0 Å². The largest absolute Gasteiger partial charge is 0.380 e. The van der Waals surface area contributed by atoms with Crippen LogP contribution in [0, 0.1) is 6.92 Å². The van der Waals surface area contributed by atoms with Crippen molar-refractivity contribution in [2.45, 2.75) is 32.0 Å². The minimum Gasteiger partial charge on any atom is -0.380 e. The number of nitrogens with zero attached hydrogens (tertiary/aromatic N) is 1. The van der Waals surface area contributed by atoms with Crippen LogP contribution >= 0.6 is 15.9 Å². The highest BCUT2D eigenvalue weighted by Crippen LogP contribution is 2.24. The molecule has 2 atom stereocenters. The maximum absolute atomic E-state index is 11.5. The second-order valence-corrected chi connectivity index (χ2v) is 5.88. The SMILES string of the molecule is CO[C@H]1C[C@@H](C(N)=O)N(Cc2ccc(Br)c(C)c2)C1. The number of carbonyl (C=O) groups is 1. The zero-order valence-electron chi connectivity index (χ0n) is 11.2. The van der Waals surface area contributed by atoms with Gasteiger partial charge in [-0.25, -0.2) is 0 Å². The number of likely N-dealkylation sites (tertiary alicyclic amines) is 1. The van der Waals surface area contributed by atoms with Crippen LogP contribution in [-0.4, -0.2) is 36.6 Å². The maximum atomic E-state index is 11.5. The molecule has 1 amide bonds. The van der Waals surface area contributed by atoms with Crippen LogP contribution in [0.5, 0.6) is 0 Å². The van der Waals surface area contributed by atoms with Crippen molar-refractivity contribution in [1.29, 1.82) is 0 Å². The molecule has 1 aliphatic heterocycles. The second kappa shape index (κ2) is 6.03. The summed E-state index contributed by atoms with van der Waals surface area (Å²) in [6.07, 6.45) is 0.774. The van der Waals surface area contributed by atoms with Gasteiger partial charge >= 0.3 is 0 Å². The van der Waals surface area contributed by atoms with E-state index < -0.39 is 0 Å². The summed E-state index contributed by atoms with van der Waals surface area (Å²) in [6, 6.07) is 6.00. The van der Waals surface area contributed by atoms with Gasteiger partial charge in [-0.15, -0.1) is 0 Å². The lowest BCUT2D eigenvalue weighted by Crippen LogP contribution is -2.39. The van der Waals surface area contributed by atoms with Gasteiger partial charge in [-0.05, 0) is 30.5 Å². The molecule has 0 saturated carbocycles. The van der Waals surface area contributed by atoms with Crippen molar-refractivity contribution in [3.8, 4) is 0 Å². The van der Waals surface area contributed by atoms with Crippen molar-refractivity contribution in [3.63, 3.8) is 0 Å². The molecule has 1 aromatic rings. The highest BCUT2D eigenvalue weighted by molar-refractivity contribution is 9.10. The number of rotatable bonds is 4. The van der Waals surface area contributed by atoms with Crippen LogP contribution in [0.15, 0.2) is 22.7 Å². The van der Waals surface area contributed by atoms with Crippen LogP contribution in [0.25, 0.3) is 0 Å². The third-order valence-electron chi connectivity index (χ3n) is 3.63. The Labute approximate surface area is 122 Å². The quantitative estimate of drug-likeness (QED) is 0.918. The minimum absolute atomic E-state index is 0.0917. The Kier molecular flexibility index (Phi) is 4.60. The predicted octanol–water partition coefficient (Wildman–Crippen LogP) is 1.83. The Morgan fingerprint density at radius 3 is 2.89 bits per heavy atom. The molecule has 0 spiro atoms. The lowest BCUT2D eigenvalue weighted by Gasteiger charge is -2.21. The summed E-state index contributed by atoms with van der Waals surface area (Å²) in [4.78, 5) is 13.6. The summed E-state index contributed by atoms with van der Waals surface area (Å²) < 4.78 is 6.44. The van der Waals surface area contributed by atoms with Gasteiger partial charge in [0.15, 0.2) is 0 Å². The fraction of sp³-hybridized carbons (Fsp3) is 0.500. The number of methoxy groups -OCH3 is 1. The average Bonchev–Trinajstić information content (AvgIpc) is 2.77. The first-order valence-electron chi connectivity index (χ1n) is 6.32. The normalized spacial score (nSPS) is 23.7. The van der Waals surface area contributed by atoms with E-state index in [9.17, 15) is 4.79 Å². The Hall–Kier alpha value is -0.910. The predicted molar refractivity (Wildman–Crippen MR) is 77.7 cm³/mol. The molecule has 1 aromatic carbocycles. The van der Waals surface area contributed by atoms with E-state index >= 15 is 0 Å². The number of halogens is 1.